The molecule has 7 heteroatoms. The highest BCUT2D eigenvalue weighted by molar-refractivity contribution is 14.1. The number of hydrogen-bond donors (Lipinski definition) is 1. The number of nitriles is 2. The molecule has 0 aromatic heterocycles. The van der Waals surface area contributed by atoms with Gasteiger partial charge in [0, 0.05) is 15.8 Å². The third-order valence-electron chi connectivity index (χ3n) is 1.77. The summed E-state index contributed by atoms with van der Waals surface area (Å²) in [5.41, 5.74) is -0.0281. The SMILES string of the molecule is N#CC(C#N)=CNc1ccc(I)cc1[N+](=O)[O-]. The number of allylic oxidation sites excluding steroid dienone is 1. The van der Waals surface area contributed by atoms with Crippen LogP contribution in [0.5, 0.6) is 0 Å². The van der Waals surface area contributed by atoms with Crippen LogP contribution in [0.1, 0.15) is 0 Å². The minimum atomic E-state index is -0.531. The van der Waals surface area contributed by atoms with Crippen LogP contribution < -0.4 is 5.32 Å². The Morgan fingerprint density at radius 1 is 1.47 bits per heavy atom. The molecule has 0 heterocycles. The summed E-state index contributed by atoms with van der Waals surface area (Å²) in [5, 5.41) is 30.4. The summed E-state index contributed by atoms with van der Waals surface area (Å²) < 4.78 is 0.726. The summed E-state index contributed by atoms with van der Waals surface area (Å²) in [7, 11) is 0. The van der Waals surface area contributed by atoms with Crippen LogP contribution >= 0.6 is 22.6 Å². The van der Waals surface area contributed by atoms with Crippen LogP contribution in [0, 0.1) is 36.3 Å². The van der Waals surface area contributed by atoms with Crippen LogP contribution in [0.3, 0.4) is 0 Å². The fraction of sp³-hybridized carbons (Fsp3) is 0. The van der Waals surface area contributed by atoms with Crippen molar-refractivity contribution in [1.29, 1.82) is 10.5 Å². The molecule has 1 aromatic carbocycles. The average Bonchev–Trinajstić information content (AvgIpc) is 2.31. The highest BCUT2D eigenvalue weighted by atomic mass is 127. The van der Waals surface area contributed by atoms with Gasteiger partial charge in [-0.3, -0.25) is 10.1 Å². The summed E-state index contributed by atoms with van der Waals surface area (Å²) >= 11 is 1.96. The molecular formula is C10H5IN4O2. The van der Waals surface area contributed by atoms with Crippen LogP contribution in [-0.4, -0.2) is 4.92 Å². The Morgan fingerprint density at radius 2 is 2.12 bits per heavy atom. The topological polar surface area (TPSA) is 103 Å². The van der Waals surface area contributed by atoms with E-state index in [1.165, 1.54) is 12.1 Å². The predicted octanol–water partition coefficient (Wildman–Crippen LogP) is 2.54. The van der Waals surface area contributed by atoms with Gasteiger partial charge < -0.3 is 5.32 Å². The van der Waals surface area contributed by atoms with E-state index in [2.05, 4.69) is 5.32 Å². The van der Waals surface area contributed by atoms with Crippen LogP contribution in [0.2, 0.25) is 0 Å². The molecule has 1 N–H and O–H groups in total. The first-order chi connectivity index (χ1) is 8.08. The molecule has 0 fully saturated rings. The smallest absolute Gasteiger partial charge is 0.293 e. The van der Waals surface area contributed by atoms with Gasteiger partial charge in [0.1, 0.15) is 23.4 Å². The number of nitro benzene ring substituents is 1. The second-order valence-corrected chi connectivity index (χ2v) is 4.09. The van der Waals surface area contributed by atoms with E-state index in [4.69, 9.17) is 10.5 Å². The Hall–Kier alpha value is -2.13. The first-order valence-electron chi connectivity index (χ1n) is 4.29. The van der Waals surface area contributed by atoms with Gasteiger partial charge in [-0.15, -0.1) is 0 Å². The van der Waals surface area contributed by atoms with Crippen molar-refractivity contribution in [1.82, 2.24) is 0 Å². The maximum absolute atomic E-state index is 10.8. The number of nitrogens with zero attached hydrogens (tertiary/aromatic N) is 3. The lowest BCUT2D eigenvalue weighted by Gasteiger charge is -2.02. The minimum absolute atomic E-state index is 0.108. The summed E-state index contributed by atoms with van der Waals surface area (Å²) in [6.45, 7) is 0. The number of hydrogen-bond acceptors (Lipinski definition) is 5. The summed E-state index contributed by atoms with van der Waals surface area (Å²) in [6.07, 6.45) is 1.13. The third-order valence-corrected chi connectivity index (χ3v) is 2.44. The lowest BCUT2D eigenvalue weighted by Crippen LogP contribution is -1.97. The fourth-order valence-electron chi connectivity index (χ4n) is 1.02. The van der Waals surface area contributed by atoms with Gasteiger partial charge in [0.15, 0.2) is 0 Å². The monoisotopic (exact) mass is 340 g/mol. The number of rotatable bonds is 3. The van der Waals surface area contributed by atoms with Crippen molar-refractivity contribution in [3.8, 4) is 12.1 Å². The van der Waals surface area contributed by atoms with E-state index in [0.717, 1.165) is 9.77 Å². The zero-order valence-electron chi connectivity index (χ0n) is 8.35. The molecule has 0 aliphatic rings. The number of nitro groups is 1. The van der Waals surface area contributed by atoms with Crippen LogP contribution in [-0.2, 0) is 0 Å². The van der Waals surface area contributed by atoms with E-state index in [1.54, 1.807) is 18.2 Å². The normalized spacial score (nSPS) is 8.65. The van der Waals surface area contributed by atoms with Crippen molar-refractivity contribution in [2.24, 2.45) is 0 Å². The van der Waals surface area contributed by atoms with Crippen molar-refractivity contribution in [3.05, 3.63) is 43.7 Å². The maximum Gasteiger partial charge on any atom is 0.293 e. The third kappa shape index (κ3) is 3.43. The zero-order chi connectivity index (χ0) is 12.8. The Labute approximate surface area is 110 Å². The molecule has 0 radical (unpaired) electrons. The Morgan fingerprint density at radius 3 is 2.65 bits per heavy atom. The van der Waals surface area contributed by atoms with Gasteiger partial charge in [-0.2, -0.15) is 10.5 Å². The Balaban J connectivity index is 3.09. The second kappa shape index (κ2) is 5.82. The highest BCUT2D eigenvalue weighted by Crippen LogP contribution is 2.26. The van der Waals surface area contributed by atoms with E-state index in [9.17, 15) is 10.1 Å². The highest BCUT2D eigenvalue weighted by Gasteiger charge is 2.13. The van der Waals surface area contributed by atoms with Crippen molar-refractivity contribution in [2.45, 2.75) is 0 Å². The molecule has 0 amide bonds. The van der Waals surface area contributed by atoms with Crippen LogP contribution in [0.15, 0.2) is 30.0 Å². The molecule has 0 aliphatic carbocycles. The Bertz CT molecular complexity index is 553. The van der Waals surface area contributed by atoms with Crippen molar-refractivity contribution in [3.63, 3.8) is 0 Å². The summed E-state index contributed by atoms with van der Waals surface area (Å²) in [4.78, 5) is 10.2. The molecule has 84 valence electrons. The van der Waals surface area contributed by atoms with E-state index < -0.39 is 4.92 Å². The first kappa shape index (κ1) is 12.9. The molecule has 0 spiro atoms. The first-order valence-corrected chi connectivity index (χ1v) is 5.37. The second-order valence-electron chi connectivity index (χ2n) is 2.84. The number of benzene rings is 1. The largest absolute Gasteiger partial charge is 0.354 e. The van der Waals surface area contributed by atoms with E-state index in [1.807, 2.05) is 22.6 Å². The van der Waals surface area contributed by atoms with E-state index in [-0.39, 0.29) is 16.9 Å². The van der Waals surface area contributed by atoms with Gasteiger partial charge in [-0.05, 0) is 34.7 Å². The quantitative estimate of drug-likeness (QED) is 0.394. The number of anilines is 1. The maximum atomic E-state index is 10.8. The standard InChI is InChI=1S/C10H5IN4O2/c11-8-1-2-9(10(3-8)15(16)17)14-6-7(4-12)5-13/h1-3,6,14H. The Kier molecular flexibility index (Phi) is 4.43. The van der Waals surface area contributed by atoms with E-state index >= 15 is 0 Å². The zero-order valence-corrected chi connectivity index (χ0v) is 10.5. The van der Waals surface area contributed by atoms with Gasteiger partial charge >= 0.3 is 0 Å². The molecule has 0 bridgehead atoms. The van der Waals surface area contributed by atoms with Crippen molar-refractivity contribution in [2.75, 3.05) is 5.32 Å². The number of halogens is 1. The van der Waals surface area contributed by atoms with Crippen molar-refractivity contribution < 1.29 is 4.92 Å². The van der Waals surface area contributed by atoms with Gasteiger partial charge in [0.2, 0.25) is 0 Å². The summed E-state index contributed by atoms with van der Waals surface area (Å²) in [5.74, 6) is 0. The molecule has 0 atom stereocenters. The lowest BCUT2D eigenvalue weighted by molar-refractivity contribution is -0.384. The average molecular weight is 340 g/mol. The van der Waals surface area contributed by atoms with Crippen molar-refractivity contribution >= 4 is 34.0 Å². The molecule has 17 heavy (non-hydrogen) atoms. The van der Waals surface area contributed by atoms with Gasteiger partial charge in [-0.25, -0.2) is 0 Å². The lowest BCUT2D eigenvalue weighted by atomic mass is 10.2. The molecule has 0 unspecified atom stereocenters. The van der Waals surface area contributed by atoms with Crippen LogP contribution in [0.4, 0.5) is 11.4 Å². The number of nitrogens with one attached hydrogen (secondary N) is 1. The fourth-order valence-corrected chi connectivity index (χ4v) is 1.49. The molecule has 1 rings (SSSR count). The molecule has 0 saturated carbocycles. The molecular weight excluding hydrogens is 335 g/mol. The van der Waals surface area contributed by atoms with Gasteiger partial charge in [0.25, 0.3) is 5.69 Å². The molecule has 0 saturated heterocycles. The van der Waals surface area contributed by atoms with E-state index in [0.29, 0.717) is 0 Å². The molecule has 0 aliphatic heterocycles. The molecule has 6 nitrogen and oxygen atoms in total. The predicted molar refractivity (Wildman–Crippen MR) is 68.7 cm³/mol. The molecule has 1 aromatic rings. The van der Waals surface area contributed by atoms with Crippen LogP contribution in [0.25, 0.3) is 0 Å². The summed E-state index contributed by atoms with van der Waals surface area (Å²) in [6, 6.07) is 7.89. The van der Waals surface area contributed by atoms with Gasteiger partial charge in [-0.1, -0.05) is 0 Å². The van der Waals surface area contributed by atoms with Gasteiger partial charge in [0.05, 0.1) is 4.92 Å². The minimum Gasteiger partial charge on any atom is -0.354 e.